The van der Waals surface area contributed by atoms with Crippen LogP contribution in [0.5, 0.6) is 0 Å². The van der Waals surface area contributed by atoms with Gasteiger partial charge in [0.15, 0.2) is 0 Å². The number of aromatic nitrogens is 2. The van der Waals surface area contributed by atoms with Gasteiger partial charge in [-0.25, -0.2) is 4.79 Å². The number of carbonyl (C=O) groups excluding carboxylic acids is 1. The first-order valence-electron chi connectivity index (χ1n) is 10.1. The topological polar surface area (TPSA) is 73.1 Å². The Hall–Kier alpha value is -3.15. The summed E-state index contributed by atoms with van der Waals surface area (Å²) < 4.78 is 2.80. The molecule has 0 spiro atoms. The number of hydrogen-bond donors (Lipinski definition) is 1. The first-order chi connectivity index (χ1) is 14.0. The quantitative estimate of drug-likeness (QED) is 0.738. The number of para-hydroxylation sites is 1. The zero-order valence-corrected chi connectivity index (χ0v) is 16.6. The molecule has 1 saturated carbocycles. The Morgan fingerprint density at radius 1 is 1.03 bits per heavy atom. The molecule has 0 atom stereocenters. The monoisotopic (exact) mass is 391 g/mol. The highest BCUT2D eigenvalue weighted by Crippen LogP contribution is 2.26. The van der Waals surface area contributed by atoms with Gasteiger partial charge in [-0.05, 0) is 49.6 Å². The average Bonchev–Trinajstić information content (AvgIpc) is 2.72. The van der Waals surface area contributed by atoms with Crippen molar-refractivity contribution < 1.29 is 4.79 Å². The molecule has 1 heterocycles. The zero-order valence-electron chi connectivity index (χ0n) is 16.6. The lowest BCUT2D eigenvalue weighted by Crippen LogP contribution is -2.44. The lowest BCUT2D eigenvalue weighted by Gasteiger charge is -2.24. The third-order valence-electron chi connectivity index (χ3n) is 5.62. The maximum absolute atomic E-state index is 13.3. The minimum Gasteiger partial charge on any atom is -0.325 e. The maximum Gasteiger partial charge on any atom is 0.332 e. The molecule has 0 bridgehead atoms. The summed E-state index contributed by atoms with van der Waals surface area (Å²) in [6.07, 6.45) is 4.80. The minimum absolute atomic E-state index is 0.0977. The van der Waals surface area contributed by atoms with Crippen molar-refractivity contribution in [3.63, 3.8) is 0 Å². The van der Waals surface area contributed by atoms with Gasteiger partial charge in [-0.1, -0.05) is 43.5 Å². The zero-order chi connectivity index (χ0) is 20.4. The van der Waals surface area contributed by atoms with E-state index in [1.165, 1.54) is 9.13 Å². The van der Waals surface area contributed by atoms with Gasteiger partial charge < -0.3 is 5.32 Å². The number of rotatable bonds is 4. The van der Waals surface area contributed by atoms with Crippen LogP contribution in [0.25, 0.3) is 10.9 Å². The maximum atomic E-state index is 13.3. The number of hydrogen-bond acceptors (Lipinski definition) is 3. The predicted molar refractivity (Wildman–Crippen MR) is 114 cm³/mol. The number of carbonyl (C=O) groups is 1. The Kier molecular flexibility index (Phi) is 5.34. The number of aryl methyl sites for hydroxylation is 1. The fourth-order valence-corrected chi connectivity index (χ4v) is 4.22. The number of nitrogens with zero attached hydrogens (tertiary/aromatic N) is 2. The summed E-state index contributed by atoms with van der Waals surface area (Å²) in [4.78, 5) is 39.1. The second-order valence-electron chi connectivity index (χ2n) is 7.77. The summed E-state index contributed by atoms with van der Waals surface area (Å²) >= 11 is 0. The molecule has 150 valence electrons. The lowest BCUT2D eigenvalue weighted by molar-refractivity contribution is -0.116. The van der Waals surface area contributed by atoms with E-state index in [9.17, 15) is 14.4 Å². The van der Waals surface area contributed by atoms with Gasteiger partial charge in [-0.2, -0.15) is 0 Å². The molecule has 2 aromatic carbocycles. The Labute approximate surface area is 168 Å². The van der Waals surface area contributed by atoms with Crippen molar-refractivity contribution in [1.82, 2.24) is 9.13 Å². The lowest BCUT2D eigenvalue weighted by atomic mass is 9.95. The average molecular weight is 391 g/mol. The van der Waals surface area contributed by atoms with E-state index in [1.54, 1.807) is 24.3 Å². The molecule has 1 N–H and O–H groups in total. The van der Waals surface area contributed by atoms with E-state index in [2.05, 4.69) is 5.32 Å². The molecule has 1 aromatic heterocycles. The summed E-state index contributed by atoms with van der Waals surface area (Å²) in [6.45, 7) is 1.81. The molecule has 0 unspecified atom stereocenters. The van der Waals surface area contributed by atoms with Crippen LogP contribution in [0.15, 0.2) is 58.1 Å². The SMILES string of the molecule is Cc1cccc(NC(=O)Cn2c(=O)n(C3CCCCC3)c(=O)c3ccccc32)c1. The van der Waals surface area contributed by atoms with E-state index in [0.717, 1.165) is 37.7 Å². The number of nitrogens with one attached hydrogen (secondary N) is 1. The fraction of sp³-hybridized carbons (Fsp3) is 0.348. The van der Waals surface area contributed by atoms with Gasteiger partial charge in [0, 0.05) is 11.7 Å². The second-order valence-corrected chi connectivity index (χ2v) is 7.77. The van der Waals surface area contributed by atoms with Crippen molar-refractivity contribution in [3.8, 4) is 0 Å². The molecule has 1 aliphatic carbocycles. The smallest absolute Gasteiger partial charge is 0.325 e. The molecule has 1 fully saturated rings. The molecule has 4 rings (SSSR count). The van der Waals surface area contributed by atoms with E-state index in [-0.39, 0.29) is 24.1 Å². The van der Waals surface area contributed by atoms with Gasteiger partial charge in [0.25, 0.3) is 5.56 Å². The summed E-state index contributed by atoms with van der Waals surface area (Å²) in [5.74, 6) is -0.295. The number of benzene rings is 2. The normalized spacial score (nSPS) is 14.8. The van der Waals surface area contributed by atoms with Crippen LogP contribution in [-0.2, 0) is 11.3 Å². The Morgan fingerprint density at radius 2 is 1.79 bits per heavy atom. The van der Waals surface area contributed by atoms with Crippen LogP contribution in [0.4, 0.5) is 5.69 Å². The first kappa shape index (κ1) is 19.2. The third kappa shape index (κ3) is 3.88. The molecule has 6 heteroatoms. The highest BCUT2D eigenvalue weighted by atomic mass is 16.2. The molecule has 1 aliphatic rings. The molecule has 0 aliphatic heterocycles. The highest BCUT2D eigenvalue weighted by Gasteiger charge is 2.22. The van der Waals surface area contributed by atoms with Crippen molar-refractivity contribution >= 4 is 22.5 Å². The summed E-state index contributed by atoms with van der Waals surface area (Å²) in [7, 11) is 0. The van der Waals surface area contributed by atoms with Gasteiger partial charge in [-0.3, -0.25) is 18.7 Å². The Morgan fingerprint density at radius 3 is 2.55 bits per heavy atom. The molecule has 1 amide bonds. The second kappa shape index (κ2) is 8.07. The molecular formula is C23H25N3O3. The van der Waals surface area contributed by atoms with Crippen molar-refractivity contribution in [2.75, 3.05) is 5.32 Å². The van der Waals surface area contributed by atoms with Crippen LogP contribution in [0.2, 0.25) is 0 Å². The summed E-state index contributed by atoms with van der Waals surface area (Å²) in [5, 5.41) is 3.32. The van der Waals surface area contributed by atoms with E-state index >= 15 is 0 Å². The van der Waals surface area contributed by atoms with Crippen molar-refractivity contribution in [1.29, 1.82) is 0 Å². The van der Waals surface area contributed by atoms with Crippen LogP contribution in [0.1, 0.15) is 43.7 Å². The molecule has 3 aromatic rings. The minimum atomic E-state index is -0.403. The standard InChI is InChI=1S/C23H25N3O3/c1-16-8-7-9-17(14-16)24-21(27)15-25-20-13-6-5-12-19(20)22(28)26(23(25)29)18-10-3-2-4-11-18/h5-9,12-14,18H,2-4,10-11,15H2,1H3,(H,24,27). The van der Waals surface area contributed by atoms with E-state index in [4.69, 9.17) is 0 Å². The highest BCUT2D eigenvalue weighted by molar-refractivity contribution is 5.91. The third-order valence-corrected chi connectivity index (χ3v) is 5.62. The number of anilines is 1. The van der Waals surface area contributed by atoms with Gasteiger partial charge in [-0.15, -0.1) is 0 Å². The summed E-state index contributed by atoms with van der Waals surface area (Å²) in [6, 6.07) is 14.4. The van der Waals surface area contributed by atoms with Crippen LogP contribution in [0, 0.1) is 6.92 Å². The van der Waals surface area contributed by atoms with Crippen molar-refractivity contribution in [3.05, 3.63) is 74.9 Å². The van der Waals surface area contributed by atoms with Gasteiger partial charge >= 0.3 is 5.69 Å². The van der Waals surface area contributed by atoms with Gasteiger partial charge in [0.1, 0.15) is 6.54 Å². The van der Waals surface area contributed by atoms with Crippen molar-refractivity contribution in [2.24, 2.45) is 0 Å². The van der Waals surface area contributed by atoms with Gasteiger partial charge in [0.2, 0.25) is 5.91 Å². The molecule has 0 radical (unpaired) electrons. The van der Waals surface area contributed by atoms with Crippen LogP contribution >= 0.6 is 0 Å². The first-order valence-corrected chi connectivity index (χ1v) is 10.1. The molecule has 0 saturated heterocycles. The van der Waals surface area contributed by atoms with E-state index in [1.807, 2.05) is 31.2 Å². The number of amides is 1. The largest absolute Gasteiger partial charge is 0.332 e. The van der Waals surface area contributed by atoms with Gasteiger partial charge in [0.05, 0.1) is 10.9 Å². The van der Waals surface area contributed by atoms with Crippen LogP contribution < -0.4 is 16.6 Å². The molecule has 6 nitrogen and oxygen atoms in total. The predicted octanol–water partition coefficient (Wildman–Crippen LogP) is 3.62. The Balaban J connectivity index is 1.75. The number of fused-ring (bicyclic) bond motifs is 1. The molecular weight excluding hydrogens is 366 g/mol. The van der Waals surface area contributed by atoms with Crippen LogP contribution in [0.3, 0.4) is 0 Å². The molecule has 29 heavy (non-hydrogen) atoms. The Bertz CT molecular complexity index is 1170. The summed E-state index contributed by atoms with van der Waals surface area (Å²) in [5.41, 5.74) is 1.56. The fourth-order valence-electron chi connectivity index (χ4n) is 4.22. The van der Waals surface area contributed by atoms with Crippen LogP contribution in [-0.4, -0.2) is 15.0 Å². The van der Waals surface area contributed by atoms with E-state index < -0.39 is 5.69 Å². The van der Waals surface area contributed by atoms with Crippen molar-refractivity contribution in [2.45, 2.75) is 51.6 Å². The van der Waals surface area contributed by atoms with E-state index in [0.29, 0.717) is 16.6 Å².